The second-order valence-corrected chi connectivity index (χ2v) is 7.23. The van der Waals surface area contributed by atoms with Crippen molar-refractivity contribution in [2.75, 3.05) is 0 Å². The lowest BCUT2D eigenvalue weighted by molar-refractivity contribution is 0.482. The van der Waals surface area contributed by atoms with Crippen LogP contribution in [0.1, 0.15) is 32.8 Å². The van der Waals surface area contributed by atoms with Crippen LogP contribution < -0.4 is 10.5 Å². The molecule has 0 spiro atoms. The van der Waals surface area contributed by atoms with Crippen LogP contribution in [-0.2, 0) is 16.6 Å². The van der Waals surface area contributed by atoms with E-state index in [-0.39, 0.29) is 17.5 Å². The van der Waals surface area contributed by atoms with Crippen molar-refractivity contribution in [1.82, 2.24) is 4.72 Å². The quantitative estimate of drug-likeness (QED) is 0.848. The SMILES string of the molecule is CC(C)CC(C)NS(=O)(=O)c1ccc(CN)c(Cl)c1. The molecular weight excluding hydrogens is 284 g/mol. The molecule has 0 heterocycles. The van der Waals surface area contributed by atoms with E-state index in [1.165, 1.54) is 12.1 Å². The highest BCUT2D eigenvalue weighted by atomic mass is 35.5. The molecule has 3 N–H and O–H groups in total. The molecular formula is C13H21ClN2O2S. The fourth-order valence-electron chi connectivity index (χ4n) is 1.95. The van der Waals surface area contributed by atoms with Gasteiger partial charge in [-0.15, -0.1) is 0 Å². The first-order chi connectivity index (χ1) is 8.76. The minimum Gasteiger partial charge on any atom is -0.326 e. The topological polar surface area (TPSA) is 72.2 Å². The number of nitrogens with one attached hydrogen (secondary N) is 1. The predicted molar refractivity (Wildman–Crippen MR) is 78.6 cm³/mol. The molecule has 108 valence electrons. The van der Waals surface area contributed by atoms with Gasteiger partial charge in [0.1, 0.15) is 0 Å². The zero-order chi connectivity index (χ0) is 14.6. The lowest BCUT2D eigenvalue weighted by Crippen LogP contribution is -2.33. The summed E-state index contributed by atoms with van der Waals surface area (Å²) in [6.07, 6.45) is 0.786. The van der Waals surface area contributed by atoms with E-state index < -0.39 is 10.0 Å². The lowest BCUT2D eigenvalue weighted by atomic mass is 10.1. The van der Waals surface area contributed by atoms with Gasteiger partial charge in [0.15, 0.2) is 0 Å². The van der Waals surface area contributed by atoms with Gasteiger partial charge in [-0.05, 0) is 37.0 Å². The third-order valence-corrected chi connectivity index (χ3v) is 4.68. The number of nitrogens with two attached hydrogens (primary N) is 1. The fourth-order valence-corrected chi connectivity index (χ4v) is 3.55. The van der Waals surface area contributed by atoms with E-state index in [9.17, 15) is 8.42 Å². The highest BCUT2D eigenvalue weighted by molar-refractivity contribution is 7.89. The molecule has 0 amide bonds. The van der Waals surface area contributed by atoms with Crippen LogP contribution in [0.15, 0.2) is 23.1 Å². The van der Waals surface area contributed by atoms with Crippen LogP contribution in [0.25, 0.3) is 0 Å². The molecule has 6 heteroatoms. The normalized spacial score (nSPS) is 13.8. The van der Waals surface area contributed by atoms with Gasteiger partial charge < -0.3 is 5.73 Å². The molecule has 0 fully saturated rings. The van der Waals surface area contributed by atoms with Gasteiger partial charge in [0, 0.05) is 17.6 Å². The van der Waals surface area contributed by atoms with Crippen LogP contribution in [0.3, 0.4) is 0 Å². The Morgan fingerprint density at radius 2 is 1.95 bits per heavy atom. The summed E-state index contributed by atoms with van der Waals surface area (Å²) >= 11 is 5.98. The van der Waals surface area contributed by atoms with Gasteiger partial charge >= 0.3 is 0 Å². The van der Waals surface area contributed by atoms with Crippen molar-refractivity contribution >= 4 is 21.6 Å². The van der Waals surface area contributed by atoms with E-state index in [0.717, 1.165) is 12.0 Å². The zero-order valence-corrected chi connectivity index (χ0v) is 13.1. The van der Waals surface area contributed by atoms with Crippen LogP contribution in [-0.4, -0.2) is 14.5 Å². The molecule has 0 aliphatic heterocycles. The standard InChI is InChI=1S/C13H21ClN2O2S/c1-9(2)6-10(3)16-19(17,18)12-5-4-11(8-15)13(14)7-12/h4-5,7,9-10,16H,6,8,15H2,1-3H3. The Kier molecular flexibility index (Phi) is 5.80. The molecule has 1 rings (SSSR count). The van der Waals surface area contributed by atoms with Gasteiger partial charge in [-0.1, -0.05) is 31.5 Å². The fraction of sp³-hybridized carbons (Fsp3) is 0.538. The second kappa shape index (κ2) is 6.70. The molecule has 1 unspecified atom stereocenters. The average Bonchev–Trinajstić information content (AvgIpc) is 2.26. The second-order valence-electron chi connectivity index (χ2n) is 5.11. The molecule has 0 aliphatic carbocycles. The van der Waals surface area contributed by atoms with E-state index in [1.54, 1.807) is 6.07 Å². The Morgan fingerprint density at radius 1 is 1.32 bits per heavy atom. The summed E-state index contributed by atoms with van der Waals surface area (Å²) in [5.41, 5.74) is 6.23. The van der Waals surface area contributed by atoms with Crippen LogP contribution >= 0.6 is 11.6 Å². The summed E-state index contributed by atoms with van der Waals surface area (Å²) < 4.78 is 27.0. The number of hydrogen-bond acceptors (Lipinski definition) is 3. The highest BCUT2D eigenvalue weighted by Crippen LogP contribution is 2.21. The molecule has 1 atom stereocenters. The monoisotopic (exact) mass is 304 g/mol. The van der Waals surface area contributed by atoms with Crippen LogP contribution in [0.5, 0.6) is 0 Å². The lowest BCUT2D eigenvalue weighted by Gasteiger charge is -2.16. The van der Waals surface area contributed by atoms with Gasteiger partial charge in [0.2, 0.25) is 10.0 Å². The Morgan fingerprint density at radius 3 is 2.42 bits per heavy atom. The molecule has 0 saturated carbocycles. The van der Waals surface area contributed by atoms with Gasteiger partial charge in [-0.25, -0.2) is 13.1 Å². The molecule has 4 nitrogen and oxygen atoms in total. The summed E-state index contributed by atoms with van der Waals surface area (Å²) in [6.45, 7) is 6.25. The Labute approximate surface area is 120 Å². The molecule has 1 aromatic rings. The number of benzene rings is 1. The number of halogens is 1. The van der Waals surface area contributed by atoms with E-state index in [0.29, 0.717) is 10.9 Å². The Balaban J connectivity index is 2.91. The minimum atomic E-state index is -3.53. The first-order valence-corrected chi connectivity index (χ1v) is 8.13. The number of sulfonamides is 1. The van der Waals surface area contributed by atoms with Gasteiger partial charge in [-0.2, -0.15) is 0 Å². The van der Waals surface area contributed by atoms with Crippen LogP contribution in [0.2, 0.25) is 5.02 Å². The van der Waals surface area contributed by atoms with E-state index in [1.807, 2.05) is 6.92 Å². The van der Waals surface area contributed by atoms with Crippen molar-refractivity contribution < 1.29 is 8.42 Å². The molecule has 0 saturated heterocycles. The summed E-state index contributed by atoms with van der Waals surface area (Å²) in [5, 5.41) is 0.377. The molecule has 0 radical (unpaired) electrons. The van der Waals surface area contributed by atoms with Crippen molar-refractivity contribution in [1.29, 1.82) is 0 Å². The Bertz CT molecular complexity index is 529. The van der Waals surface area contributed by atoms with Crippen molar-refractivity contribution in [3.8, 4) is 0 Å². The van der Waals surface area contributed by atoms with Crippen LogP contribution in [0, 0.1) is 5.92 Å². The first kappa shape index (κ1) is 16.4. The van der Waals surface area contributed by atoms with E-state index >= 15 is 0 Å². The maximum atomic E-state index is 12.2. The average molecular weight is 305 g/mol. The molecule has 19 heavy (non-hydrogen) atoms. The van der Waals surface area contributed by atoms with Crippen molar-refractivity contribution in [2.24, 2.45) is 11.7 Å². The third kappa shape index (κ3) is 4.76. The van der Waals surface area contributed by atoms with E-state index in [2.05, 4.69) is 18.6 Å². The van der Waals surface area contributed by atoms with E-state index in [4.69, 9.17) is 17.3 Å². The van der Waals surface area contributed by atoms with Crippen LogP contribution in [0.4, 0.5) is 0 Å². The van der Waals surface area contributed by atoms with Crippen molar-refractivity contribution in [2.45, 2.75) is 44.7 Å². The number of rotatable bonds is 6. The highest BCUT2D eigenvalue weighted by Gasteiger charge is 2.18. The smallest absolute Gasteiger partial charge is 0.240 e. The minimum absolute atomic E-state index is 0.113. The van der Waals surface area contributed by atoms with Gasteiger partial charge in [-0.3, -0.25) is 0 Å². The largest absolute Gasteiger partial charge is 0.326 e. The van der Waals surface area contributed by atoms with Crippen molar-refractivity contribution in [3.05, 3.63) is 28.8 Å². The van der Waals surface area contributed by atoms with Crippen molar-refractivity contribution in [3.63, 3.8) is 0 Å². The summed E-state index contributed by atoms with van der Waals surface area (Å²) in [4.78, 5) is 0.172. The summed E-state index contributed by atoms with van der Waals surface area (Å²) in [6, 6.07) is 4.49. The molecule has 0 aromatic heterocycles. The van der Waals surface area contributed by atoms with Gasteiger partial charge in [0.05, 0.1) is 4.90 Å². The molecule has 0 bridgehead atoms. The predicted octanol–water partition coefficient (Wildman–Crippen LogP) is 2.51. The first-order valence-electron chi connectivity index (χ1n) is 6.27. The molecule has 0 aliphatic rings. The maximum Gasteiger partial charge on any atom is 0.240 e. The maximum absolute atomic E-state index is 12.2. The number of hydrogen-bond donors (Lipinski definition) is 2. The zero-order valence-electron chi connectivity index (χ0n) is 11.5. The summed E-state index contributed by atoms with van der Waals surface area (Å²) in [7, 11) is -3.53. The van der Waals surface area contributed by atoms with Gasteiger partial charge in [0.25, 0.3) is 0 Å². The Hall–Kier alpha value is -0.620. The molecule has 1 aromatic carbocycles. The third-order valence-electron chi connectivity index (χ3n) is 2.74. The summed E-state index contributed by atoms with van der Waals surface area (Å²) in [5.74, 6) is 0.431.